The molecule has 0 aromatic heterocycles. The maximum atomic E-state index is 12.2. The van der Waals surface area contributed by atoms with Crippen molar-refractivity contribution in [2.24, 2.45) is 0 Å². The maximum absolute atomic E-state index is 12.2. The van der Waals surface area contributed by atoms with Crippen molar-refractivity contribution in [3.05, 3.63) is 23.8 Å². The van der Waals surface area contributed by atoms with Gasteiger partial charge in [0.2, 0.25) is 0 Å². The smallest absolute Gasteiger partial charge is 0.161 e. The van der Waals surface area contributed by atoms with E-state index in [0.717, 1.165) is 38.2 Å². The Morgan fingerprint density at radius 3 is 2.32 bits per heavy atom. The molecule has 0 spiro atoms. The summed E-state index contributed by atoms with van der Waals surface area (Å²) in [5.41, 5.74) is 1.12. The molecule has 6 nitrogen and oxygen atoms in total. The predicted octanol–water partition coefficient (Wildman–Crippen LogP) is 1.40. The van der Waals surface area contributed by atoms with Crippen molar-refractivity contribution in [2.75, 3.05) is 45.4 Å². The number of rotatable bonds is 6. The van der Waals surface area contributed by atoms with E-state index in [4.69, 9.17) is 9.47 Å². The first-order valence-electron chi connectivity index (χ1n) is 8.87. The Kier molecular flexibility index (Phi) is 5.55. The van der Waals surface area contributed by atoms with E-state index in [2.05, 4.69) is 16.7 Å². The molecule has 2 aliphatic rings. The Labute approximate surface area is 150 Å². The number of hydrogen-bond acceptors (Lipinski definition) is 6. The fraction of sp³-hybridized carbons (Fsp3) is 0.667. The summed E-state index contributed by atoms with van der Waals surface area (Å²) in [5, 5.41) is 0. The Bertz CT molecular complexity index is 707. The van der Waals surface area contributed by atoms with Gasteiger partial charge in [-0.25, -0.2) is 8.42 Å². The summed E-state index contributed by atoms with van der Waals surface area (Å²) in [6, 6.07) is 6.12. The molecular formula is C18H28N2O4S. The van der Waals surface area contributed by atoms with E-state index in [0.29, 0.717) is 17.3 Å². The molecule has 0 saturated carbocycles. The summed E-state index contributed by atoms with van der Waals surface area (Å²) in [6.07, 6.45) is 1.05. The number of benzene rings is 1. The number of fused-ring (bicyclic) bond motifs is 1. The van der Waals surface area contributed by atoms with Gasteiger partial charge in [0.1, 0.15) is 0 Å². The Morgan fingerprint density at radius 2 is 1.68 bits per heavy atom. The lowest BCUT2D eigenvalue weighted by Crippen LogP contribution is -2.58. The standard InChI is InChI=1S/C18H28N2O4S/c1-4-7-19-8-9-20(16-13-25(21,22)12-15(16)19)11-14-5-6-17(23-2)18(10-14)24-3/h5-6,10,15-16H,4,7-9,11-13H2,1-3H3/t15-,16+/m0/s1. The number of methoxy groups -OCH3 is 2. The first kappa shape index (κ1) is 18.5. The topological polar surface area (TPSA) is 59.1 Å². The van der Waals surface area contributed by atoms with Gasteiger partial charge in [-0.15, -0.1) is 0 Å². The van der Waals surface area contributed by atoms with Gasteiger partial charge in [0.05, 0.1) is 25.7 Å². The van der Waals surface area contributed by atoms with Crippen LogP contribution in [0.1, 0.15) is 18.9 Å². The number of sulfone groups is 1. The molecule has 2 heterocycles. The third-order valence-corrected chi connectivity index (χ3v) is 6.95. The van der Waals surface area contributed by atoms with Crippen molar-refractivity contribution < 1.29 is 17.9 Å². The van der Waals surface area contributed by atoms with Crippen LogP contribution >= 0.6 is 0 Å². The molecule has 2 saturated heterocycles. The molecule has 0 radical (unpaired) electrons. The van der Waals surface area contributed by atoms with Crippen LogP contribution in [0.2, 0.25) is 0 Å². The molecule has 140 valence electrons. The van der Waals surface area contributed by atoms with E-state index in [-0.39, 0.29) is 17.8 Å². The quantitative estimate of drug-likeness (QED) is 0.756. The molecule has 0 amide bonds. The minimum absolute atomic E-state index is 0.0818. The Morgan fingerprint density at radius 1 is 1.04 bits per heavy atom. The van der Waals surface area contributed by atoms with Gasteiger partial charge in [-0.2, -0.15) is 0 Å². The summed E-state index contributed by atoms with van der Waals surface area (Å²) in [7, 11) is 0.296. The second kappa shape index (κ2) is 7.51. The molecule has 0 unspecified atom stereocenters. The van der Waals surface area contributed by atoms with Gasteiger partial charge in [-0.3, -0.25) is 9.80 Å². The molecule has 2 aliphatic heterocycles. The van der Waals surface area contributed by atoms with Crippen LogP contribution in [-0.4, -0.2) is 75.7 Å². The van der Waals surface area contributed by atoms with Crippen LogP contribution in [0.15, 0.2) is 18.2 Å². The summed E-state index contributed by atoms with van der Waals surface area (Å²) in [6.45, 7) is 5.68. The number of ether oxygens (including phenoxy) is 2. The monoisotopic (exact) mass is 368 g/mol. The summed E-state index contributed by atoms with van der Waals surface area (Å²) in [5.74, 6) is 1.98. The maximum Gasteiger partial charge on any atom is 0.161 e. The van der Waals surface area contributed by atoms with Crippen molar-refractivity contribution in [2.45, 2.75) is 32.0 Å². The van der Waals surface area contributed by atoms with Crippen LogP contribution < -0.4 is 9.47 Å². The first-order chi connectivity index (χ1) is 12.0. The van der Waals surface area contributed by atoms with E-state index in [1.54, 1.807) is 14.2 Å². The fourth-order valence-electron chi connectivity index (χ4n) is 4.07. The Hall–Kier alpha value is -1.31. The van der Waals surface area contributed by atoms with Gasteiger partial charge in [0.25, 0.3) is 0 Å². The molecule has 1 aromatic rings. The van der Waals surface area contributed by atoms with E-state index >= 15 is 0 Å². The molecule has 25 heavy (non-hydrogen) atoms. The van der Waals surface area contributed by atoms with Crippen molar-refractivity contribution >= 4 is 9.84 Å². The van der Waals surface area contributed by atoms with Crippen LogP contribution in [0.25, 0.3) is 0 Å². The lowest BCUT2D eigenvalue weighted by Gasteiger charge is -2.44. The minimum Gasteiger partial charge on any atom is -0.493 e. The highest BCUT2D eigenvalue weighted by molar-refractivity contribution is 7.91. The van der Waals surface area contributed by atoms with Gasteiger partial charge in [-0.05, 0) is 30.7 Å². The van der Waals surface area contributed by atoms with Gasteiger partial charge in [0, 0.05) is 31.7 Å². The van der Waals surface area contributed by atoms with Gasteiger partial charge in [0.15, 0.2) is 21.3 Å². The summed E-state index contributed by atoms with van der Waals surface area (Å²) < 4.78 is 35.2. The molecule has 3 rings (SSSR count). The second-order valence-corrected chi connectivity index (χ2v) is 9.06. The van der Waals surface area contributed by atoms with Gasteiger partial charge in [-0.1, -0.05) is 13.0 Å². The average Bonchev–Trinajstić information content (AvgIpc) is 2.93. The number of nitrogens with zero attached hydrogens (tertiary/aromatic N) is 2. The molecular weight excluding hydrogens is 340 g/mol. The third kappa shape index (κ3) is 3.93. The first-order valence-corrected chi connectivity index (χ1v) is 10.7. The largest absolute Gasteiger partial charge is 0.493 e. The zero-order valence-corrected chi connectivity index (χ0v) is 16.1. The van der Waals surface area contributed by atoms with E-state index < -0.39 is 9.84 Å². The van der Waals surface area contributed by atoms with E-state index in [1.165, 1.54) is 0 Å². The van der Waals surface area contributed by atoms with Crippen LogP contribution in [0.3, 0.4) is 0 Å². The van der Waals surface area contributed by atoms with Crippen molar-refractivity contribution in [1.82, 2.24) is 9.80 Å². The van der Waals surface area contributed by atoms with E-state index in [9.17, 15) is 8.42 Å². The average molecular weight is 368 g/mol. The minimum atomic E-state index is -2.96. The molecule has 2 atom stereocenters. The van der Waals surface area contributed by atoms with Crippen LogP contribution in [0.5, 0.6) is 11.5 Å². The predicted molar refractivity (Wildman–Crippen MR) is 98.0 cm³/mol. The van der Waals surface area contributed by atoms with Gasteiger partial charge < -0.3 is 9.47 Å². The molecule has 2 fully saturated rings. The fourth-order valence-corrected chi connectivity index (χ4v) is 6.11. The number of hydrogen-bond donors (Lipinski definition) is 0. The molecule has 7 heteroatoms. The SMILES string of the molecule is CCCN1CCN(Cc2ccc(OC)c(OC)c2)[C@@H]2CS(=O)(=O)C[C@@H]21. The van der Waals surface area contributed by atoms with Crippen molar-refractivity contribution in [3.8, 4) is 11.5 Å². The summed E-state index contributed by atoms with van der Waals surface area (Å²) in [4.78, 5) is 4.68. The van der Waals surface area contributed by atoms with Crippen LogP contribution in [0.4, 0.5) is 0 Å². The Balaban J connectivity index is 1.79. The highest BCUT2D eigenvalue weighted by atomic mass is 32.2. The van der Waals surface area contributed by atoms with Crippen LogP contribution in [-0.2, 0) is 16.4 Å². The van der Waals surface area contributed by atoms with Crippen molar-refractivity contribution in [3.63, 3.8) is 0 Å². The highest BCUT2D eigenvalue weighted by Gasteiger charge is 2.46. The third-order valence-electron chi connectivity index (χ3n) is 5.25. The normalized spacial score (nSPS) is 26.4. The lowest BCUT2D eigenvalue weighted by atomic mass is 10.0. The van der Waals surface area contributed by atoms with E-state index in [1.807, 2.05) is 18.2 Å². The number of piperazine rings is 1. The molecule has 0 bridgehead atoms. The van der Waals surface area contributed by atoms with Crippen LogP contribution in [0, 0.1) is 0 Å². The highest BCUT2D eigenvalue weighted by Crippen LogP contribution is 2.31. The lowest BCUT2D eigenvalue weighted by molar-refractivity contribution is 0.0405. The second-order valence-electron chi connectivity index (χ2n) is 6.91. The zero-order valence-electron chi connectivity index (χ0n) is 15.3. The van der Waals surface area contributed by atoms with Gasteiger partial charge >= 0.3 is 0 Å². The summed E-state index contributed by atoms with van der Waals surface area (Å²) >= 11 is 0. The molecule has 1 aromatic carbocycles. The zero-order chi connectivity index (χ0) is 18.0. The molecule has 0 aliphatic carbocycles. The van der Waals surface area contributed by atoms with Crippen molar-refractivity contribution in [1.29, 1.82) is 0 Å². The molecule has 0 N–H and O–H groups in total.